The van der Waals surface area contributed by atoms with Crippen molar-refractivity contribution in [3.63, 3.8) is 0 Å². The molecule has 1 aliphatic heterocycles. The average Bonchev–Trinajstić information content (AvgIpc) is 3.20. The third-order valence-electron chi connectivity index (χ3n) is 10.6. The molecule has 0 radical (unpaired) electrons. The topological polar surface area (TPSA) is 116 Å². The Morgan fingerprint density at radius 1 is 1.04 bits per heavy atom. The van der Waals surface area contributed by atoms with Crippen molar-refractivity contribution in [3.8, 4) is 11.5 Å². The highest BCUT2D eigenvalue weighted by Gasteiger charge is 2.63. The number of rotatable bonds is 22. The third kappa shape index (κ3) is 9.71. The fraction of sp³-hybridized carbons (Fsp3) is 0.512. The van der Waals surface area contributed by atoms with Gasteiger partial charge in [-0.15, -0.1) is 18.3 Å². The van der Waals surface area contributed by atoms with Crippen LogP contribution in [0.2, 0.25) is 0 Å². The van der Waals surface area contributed by atoms with Crippen molar-refractivity contribution in [2.45, 2.75) is 80.1 Å². The van der Waals surface area contributed by atoms with Gasteiger partial charge in [0.15, 0.2) is 0 Å². The number of hydrogen-bond acceptors (Lipinski definition) is 11. The monoisotopic (exact) mass is 773 g/mol. The lowest BCUT2D eigenvalue weighted by atomic mass is 9.56. The van der Waals surface area contributed by atoms with E-state index >= 15 is 0 Å². The first kappa shape index (κ1) is 40.3. The van der Waals surface area contributed by atoms with E-state index < -0.39 is 5.79 Å². The lowest BCUT2D eigenvalue weighted by Gasteiger charge is -2.58. The summed E-state index contributed by atoms with van der Waals surface area (Å²) in [4.78, 5) is 15.9. The molecular weight excluding hydrogens is 719 g/mol. The quantitative estimate of drug-likeness (QED) is 0.0448. The number of hydrogen-bond donors (Lipinski definition) is 2. The molecule has 0 saturated heterocycles. The summed E-state index contributed by atoms with van der Waals surface area (Å²) >= 11 is 3.61. The first-order chi connectivity index (χ1) is 26.6. The maximum atomic E-state index is 9.88. The Morgan fingerprint density at radius 3 is 2.63 bits per heavy atom. The van der Waals surface area contributed by atoms with Gasteiger partial charge in [-0.3, -0.25) is 9.97 Å². The molecule has 2 aromatic carbocycles. The summed E-state index contributed by atoms with van der Waals surface area (Å²) in [7, 11) is 0. The summed E-state index contributed by atoms with van der Waals surface area (Å²) in [5.41, 5.74) is 4.14. The second kappa shape index (κ2) is 20.5. The van der Waals surface area contributed by atoms with Crippen LogP contribution in [0.4, 0.5) is 0 Å². The van der Waals surface area contributed by atoms with Gasteiger partial charge in [-0.25, -0.2) is 0 Å². The number of ether oxygens (including phenoxy) is 3. The molecule has 0 amide bonds. The van der Waals surface area contributed by atoms with Crippen LogP contribution < -0.4 is 9.47 Å². The Morgan fingerprint density at radius 2 is 1.87 bits per heavy atom. The number of aromatic nitrogens is 2. The largest absolute Gasteiger partial charge is 0.493 e. The lowest BCUT2D eigenvalue weighted by molar-refractivity contribution is -0.223. The number of allylic oxidation sites excluding steroid dienone is 1. The summed E-state index contributed by atoms with van der Waals surface area (Å²) in [5, 5.41) is 24.3. The van der Waals surface area contributed by atoms with E-state index in [1.807, 2.05) is 37.0 Å². The molecule has 0 bridgehead atoms. The predicted molar refractivity (Wildman–Crippen MR) is 217 cm³/mol. The van der Waals surface area contributed by atoms with Gasteiger partial charge in [0.25, 0.3) is 0 Å². The van der Waals surface area contributed by atoms with Crippen molar-refractivity contribution >= 4 is 29.2 Å². The van der Waals surface area contributed by atoms with Gasteiger partial charge in [-0.05, 0) is 86.1 Å². The molecule has 3 aromatic rings. The standard InChI is InChI=1S/C43H55N3O6S2/c1-3-23-50-43-40(54-25-18-32-30-44-19-20-45-32)29-38(46-51-4-2)36-27-31(12-8-10-21-47)35(15-9-11-22-48)41(42(36)43)37-28-33(16-17-39(37)52-43)49-24-26-53-34-13-6-5-7-14-34/h3,5-7,13-14,16-17,19-20,27-28,30-31,35,40-42,47-48H,1,4,8-12,15,18,21-26,29H2,2H3. The van der Waals surface area contributed by atoms with Crippen LogP contribution in [0.1, 0.15) is 69.0 Å². The first-order valence-electron chi connectivity index (χ1n) is 19.5. The summed E-state index contributed by atoms with van der Waals surface area (Å²) in [6, 6.07) is 16.7. The minimum atomic E-state index is -1.00. The highest BCUT2D eigenvalue weighted by molar-refractivity contribution is 8.00. The van der Waals surface area contributed by atoms with E-state index in [1.54, 1.807) is 30.2 Å². The molecule has 0 spiro atoms. The smallest absolute Gasteiger partial charge is 0.230 e. The van der Waals surface area contributed by atoms with Crippen LogP contribution in [-0.2, 0) is 16.0 Å². The van der Waals surface area contributed by atoms with Gasteiger partial charge < -0.3 is 29.3 Å². The zero-order valence-corrected chi connectivity index (χ0v) is 33.0. The van der Waals surface area contributed by atoms with Crippen molar-refractivity contribution in [1.82, 2.24) is 9.97 Å². The molecule has 11 heteroatoms. The van der Waals surface area contributed by atoms with E-state index in [2.05, 4.69) is 59.0 Å². The van der Waals surface area contributed by atoms with Crippen LogP contribution in [0.25, 0.3) is 0 Å². The van der Waals surface area contributed by atoms with Crippen molar-refractivity contribution in [3.05, 3.63) is 103 Å². The number of thioether (sulfide) groups is 2. The van der Waals surface area contributed by atoms with Crippen molar-refractivity contribution in [2.24, 2.45) is 22.9 Å². The summed E-state index contributed by atoms with van der Waals surface area (Å²) < 4.78 is 20.7. The second-order valence-corrected chi connectivity index (χ2v) is 16.5. The summed E-state index contributed by atoms with van der Waals surface area (Å²) in [5.74, 6) is 2.58. The van der Waals surface area contributed by atoms with E-state index in [1.165, 1.54) is 4.90 Å². The van der Waals surface area contributed by atoms with E-state index in [0.29, 0.717) is 26.2 Å². The normalized spacial score (nSPS) is 24.9. The van der Waals surface area contributed by atoms with Crippen LogP contribution in [0.5, 0.6) is 11.5 Å². The number of aliphatic hydroxyl groups excluding tert-OH is 2. The maximum absolute atomic E-state index is 9.88. The summed E-state index contributed by atoms with van der Waals surface area (Å²) in [6.45, 7) is 7.72. The average molecular weight is 774 g/mol. The zero-order chi connectivity index (χ0) is 37.6. The molecule has 1 fully saturated rings. The molecule has 54 heavy (non-hydrogen) atoms. The number of aryl methyl sites for hydroxylation is 1. The second-order valence-electron chi connectivity index (χ2n) is 14.0. The van der Waals surface area contributed by atoms with Crippen LogP contribution in [0, 0.1) is 17.8 Å². The molecule has 2 heterocycles. The van der Waals surface area contributed by atoms with Crippen LogP contribution in [-0.4, -0.2) is 81.5 Å². The molecule has 2 aliphatic carbocycles. The SMILES string of the molecule is C=CCOC12Oc3ccc(OCCSc4ccccc4)cc3C3C(CCCCO)C(CCCCO)C=C(C(=NOCC)CC1SCCc1cnccn1)C32. The molecular formula is C43H55N3O6S2. The molecule has 9 nitrogen and oxygen atoms in total. The maximum Gasteiger partial charge on any atom is 0.230 e. The van der Waals surface area contributed by atoms with Crippen LogP contribution >= 0.6 is 23.5 Å². The molecule has 2 N–H and O–H groups in total. The molecule has 6 atom stereocenters. The van der Waals surface area contributed by atoms with Gasteiger partial charge in [-0.2, -0.15) is 11.8 Å². The van der Waals surface area contributed by atoms with Crippen molar-refractivity contribution < 1.29 is 29.3 Å². The number of oxime groups is 1. The van der Waals surface area contributed by atoms with Gasteiger partial charge in [0, 0.05) is 66.8 Å². The number of unbranched alkanes of at least 4 members (excludes halogenated alkanes) is 2. The molecule has 6 rings (SSSR count). The first-order valence-corrected chi connectivity index (χ1v) is 21.5. The molecule has 1 aromatic heterocycles. The number of nitrogens with zero attached hydrogens (tertiary/aromatic N) is 3. The fourth-order valence-electron chi connectivity index (χ4n) is 8.31. The fourth-order valence-corrected chi connectivity index (χ4v) is 10.4. The van der Waals surface area contributed by atoms with E-state index in [0.717, 1.165) is 90.5 Å². The van der Waals surface area contributed by atoms with Gasteiger partial charge in [0.2, 0.25) is 5.79 Å². The zero-order valence-electron chi connectivity index (χ0n) is 31.4. The molecule has 6 unspecified atom stereocenters. The minimum absolute atomic E-state index is 0.0221. The number of benzene rings is 2. The van der Waals surface area contributed by atoms with E-state index in [-0.39, 0.29) is 42.1 Å². The van der Waals surface area contributed by atoms with Crippen molar-refractivity contribution in [2.75, 3.05) is 44.5 Å². The Kier molecular flexibility index (Phi) is 15.3. The highest BCUT2D eigenvalue weighted by Crippen LogP contribution is 2.62. The third-order valence-corrected chi connectivity index (χ3v) is 12.9. The Bertz CT molecular complexity index is 1680. The van der Waals surface area contributed by atoms with Gasteiger partial charge in [0.1, 0.15) is 18.1 Å². The van der Waals surface area contributed by atoms with Crippen LogP contribution in [0.15, 0.2) is 101 Å². The highest BCUT2D eigenvalue weighted by atomic mass is 32.2. The Balaban J connectivity index is 1.42. The van der Waals surface area contributed by atoms with E-state index in [4.69, 9.17) is 24.2 Å². The lowest BCUT2D eigenvalue weighted by Crippen LogP contribution is -2.64. The number of aliphatic hydroxyl groups is 2. The van der Waals surface area contributed by atoms with E-state index in [9.17, 15) is 10.2 Å². The molecule has 3 aliphatic rings. The van der Waals surface area contributed by atoms with Gasteiger partial charge in [0.05, 0.1) is 35.8 Å². The van der Waals surface area contributed by atoms with Crippen molar-refractivity contribution in [1.29, 1.82) is 0 Å². The number of fused-ring (bicyclic) bond motifs is 2. The van der Waals surface area contributed by atoms with Gasteiger partial charge in [-0.1, -0.05) is 48.3 Å². The summed E-state index contributed by atoms with van der Waals surface area (Å²) in [6.07, 6.45) is 16.1. The predicted octanol–water partition coefficient (Wildman–Crippen LogP) is 8.28. The van der Waals surface area contributed by atoms with Gasteiger partial charge >= 0.3 is 0 Å². The minimum Gasteiger partial charge on any atom is -0.493 e. The molecule has 290 valence electrons. The van der Waals surface area contributed by atoms with Crippen LogP contribution in [0.3, 0.4) is 0 Å². The Labute approximate surface area is 329 Å². The Hall–Kier alpha value is -3.35. The molecule has 1 saturated carbocycles.